The van der Waals surface area contributed by atoms with Gasteiger partial charge in [-0.2, -0.15) is 4.98 Å². The van der Waals surface area contributed by atoms with Gasteiger partial charge in [-0.1, -0.05) is 0 Å². The Morgan fingerprint density at radius 1 is 1.65 bits per heavy atom. The fourth-order valence-corrected chi connectivity index (χ4v) is 1.39. The quantitative estimate of drug-likeness (QED) is 0.778. The van der Waals surface area contributed by atoms with Crippen LogP contribution in [0.25, 0.3) is 0 Å². The Morgan fingerprint density at radius 2 is 2.29 bits per heavy atom. The van der Waals surface area contributed by atoms with Crippen LogP contribution >= 0.6 is 0 Å². The van der Waals surface area contributed by atoms with E-state index in [2.05, 4.69) is 4.98 Å². The van der Waals surface area contributed by atoms with Gasteiger partial charge in [0.2, 0.25) is 0 Å². The van der Waals surface area contributed by atoms with Gasteiger partial charge >= 0.3 is 5.97 Å². The van der Waals surface area contributed by atoms with Gasteiger partial charge in [0, 0.05) is 7.05 Å². The van der Waals surface area contributed by atoms with Gasteiger partial charge in [0.15, 0.2) is 5.69 Å². The first-order valence-corrected chi connectivity index (χ1v) is 5.39. The first kappa shape index (κ1) is 13.5. The molecule has 1 heterocycles. The van der Waals surface area contributed by atoms with Crippen LogP contribution in [-0.4, -0.2) is 41.9 Å². The molecule has 0 aromatic carbocycles. The van der Waals surface area contributed by atoms with Crippen molar-refractivity contribution < 1.29 is 19.1 Å². The predicted octanol–water partition coefficient (Wildman–Crippen LogP) is 1.06. The van der Waals surface area contributed by atoms with E-state index in [9.17, 15) is 9.90 Å². The summed E-state index contributed by atoms with van der Waals surface area (Å²) in [7, 11) is 1.72. The Labute approximate surface area is 100 Å². The van der Waals surface area contributed by atoms with E-state index >= 15 is 0 Å². The zero-order valence-corrected chi connectivity index (χ0v) is 10.6. The minimum Gasteiger partial charge on any atom is -0.461 e. The molecule has 0 aliphatic carbocycles. The molecule has 0 atom stereocenters. The second-order valence-corrected chi connectivity index (χ2v) is 4.40. The van der Waals surface area contributed by atoms with Crippen molar-refractivity contribution in [1.29, 1.82) is 0 Å². The van der Waals surface area contributed by atoms with Crippen LogP contribution in [0.1, 0.15) is 31.3 Å². The molecule has 6 nitrogen and oxygen atoms in total. The van der Waals surface area contributed by atoms with Crippen LogP contribution < -0.4 is 4.90 Å². The summed E-state index contributed by atoms with van der Waals surface area (Å²) in [4.78, 5) is 17.0. The number of hydrogen-bond acceptors (Lipinski definition) is 6. The molecule has 0 saturated heterocycles. The van der Waals surface area contributed by atoms with Crippen molar-refractivity contribution in [2.24, 2.45) is 0 Å². The van der Waals surface area contributed by atoms with Crippen LogP contribution in [0.4, 0.5) is 6.01 Å². The van der Waals surface area contributed by atoms with Crippen LogP contribution in [-0.2, 0) is 4.74 Å². The third-order valence-electron chi connectivity index (χ3n) is 1.93. The van der Waals surface area contributed by atoms with Crippen LogP contribution in [0.2, 0.25) is 0 Å². The van der Waals surface area contributed by atoms with Crippen LogP contribution in [0.3, 0.4) is 0 Å². The number of aromatic nitrogens is 1. The number of rotatable bonds is 5. The summed E-state index contributed by atoms with van der Waals surface area (Å²) in [5.74, 6) is -0.515. The van der Waals surface area contributed by atoms with Gasteiger partial charge in [-0.25, -0.2) is 4.79 Å². The fraction of sp³-hybridized carbons (Fsp3) is 0.636. The Morgan fingerprint density at radius 3 is 2.82 bits per heavy atom. The molecule has 17 heavy (non-hydrogen) atoms. The normalized spacial score (nSPS) is 11.4. The molecule has 0 radical (unpaired) electrons. The minimum absolute atomic E-state index is 0.129. The Bertz CT molecular complexity index is 381. The Hall–Kier alpha value is -1.56. The molecular weight excluding hydrogens is 224 g/mol. The predicted molar refractivity (Wildman–Crippen MR) is 62.0 cm³/mol. The molecule has 0 aliphatic rings. The number of hydrogen-bond donors (Lipinski definition) is 1. The van der Waals surface area contributed by atoms with Crippen LogP contribution in [0.5, 0.6) is 0 Å². The van der Waals surface area contributed by atoms with Crippen molar-refractivity contribution >= 4 is 12.0 Å². The van der Waals surface area contributed by atoms with Crippen molar-refractivity contribution in [3.8, 4) is 0 Å². The molecule has 1 aromatic heterocycles. The lowest BCUT2D eigenvalue weighted by Gasteiger charge is -2.23. The number of esters is 1. The first-order chi connectivity index (χ1) is 7.83. The molecule has 0 spiro atoms. The SMILES string of the molecule is CCOC(=O)c1coc(N(C)CC(C)(C)O)n1. The number of aliphatic hydroxyl groups is 1. The van der Waals surface area contributed by atoms with E-state index in [0.717, 1.165) is 0 Å². The summed E-state index contributed by atoms with van der Waals surface area (Å²) in [6, 6.07) is 0.273. The molecule has 0 bridgehead atoms. The van der Waals surface area contributed by atoms with Gasteiger partial charge < -0.3 is 19.2 Å². The number of nitrogens with zero attached hydrogens (tertiary/aromatic N) is 2. The van der Waals surface area contributed by atoms with Gasteiger partial charge in [-0.3, -0.25) is 0 Å². The standard InChI is InChI=1S/C11H18N2O4/c1-5-16-9(14)8-6-17-10(12-8)13(4)7-11(2,3)15/h6,15H,5,7H2,1-4H3. The van der Waals surface area contributed by atoms with E-state index in [1.54, 1.807) is 32.7 Å². The van der Waals surface area contributed by atoms with Crippen LogP contribution in [0, 0.1) is 0 Å². The maximum Gasteiger partial charge on any atom is 0.360 e. The van der Waals surface area contributed by atoms with E-state index in [-0.39, 0.29) is 11.7 Å². The molecule has 1 aromatic rings. The van der Waals surface area contributed by atoms with E-state index < -0.39 is 11.6 Å². The third-order valence-corrected chi connectivity index (χ3v) is 1.93. The summed E-state index contributed by atoms with van der Waals surface area (Å²) in [5.41, 5.74) is -0.739. The van der Waals surface area contributed by atoms with E-state index in [4.69, 9.17) is 9.15 Å². The Balaban J connectivity index is 2.71. The maximum atomic E-state index is 11.4. The monoisotopic (exact) mass is 242 g/mol. The lowest BCUT2D eigenvalue weighted by atomic mass is 10.1. The highest BCUT2D eigenvalue weighted by Gasteiger charge is 2.20. The molecule has 0 saturated carbocycles. The van der Waals surface area contributed by atoms with Gasteiger partial charge in [-0.15, -0.1) is 0 Å². The number of oxazole rings is 1. The van der Waals surface area contributed by atoms with E-state index in [1.807, 2.05) is 0 Å². The summed E-state index contributed by atoms with van der Waals surface area (Å²) in [6.45, 7) is 5.72. The molecular formula is C11H18N2O4. The summed E-state index contributed by atoms with van der Waals surface area (Å²) in [5, 5.41) is 9.65. The highest BCUT2D eigenvalue weighted by Crippen LogP contribution is 2.15. The molecule has 1 rings (SSSR count). The number of ether oxygens (including phenoxy) is 1. The van der Waals surface area contributed by atoms with Gasteiger partial charge in [0.05, 0.1) is 18.8 Å². The largest absolute Gasteiger partial charge is 0.461 e. The molecule has 0 fully saturated rings. The summed E-state index contributed by atoms with van der Waals surface area (Å²) in [6.07, 6.45) is 1.24. The second kappa shape index (κ2) is 5.18. The molecule has 1 N–H and O–H groups in total. The average molecular weight is 242 g/mol. The van der Waals surface area contributed by atoms with Crippen molar-refractivity contribution in [3.05, 3.63) is 12.0 Å². The number of carbonyl (C=O) groups excluding carboxylic acids is 1. The molecule has 0 unspecified atom stereocenters. The highest BCUT2D eigenvalue weighted by atomic mass is 16.5. The first-order valence-electron chi connectivity index (χ1n) is 5.39. The molecule has 96 valence electrons. The average Bonchev–Trinajstić information content (AvgIpc) is 2.63. The summed E-state index contributed by atoms with van der Waals surface area (Å²) >= 11 is 0. The van der Waals surface area contributed by atoms with Crippen molar-refractivity contribution in [2.75, 3.05) is 25.1 Å². The molecule has 6 heteroatoms. The number of likely N-dealkylation sites (N-methyl/N-ethyl adjacent to an activating group) is 1. The topological polar surface area (TPSA) is 75.8 Å². The zero-order valence-electron chi connectivity index (χ0n) is 10.6. The zero-order chi connectivity index (χ0) is 13.1. The third kappa shape index (κ3) is 4.07. The van der Waals surface area contributed by atoms with Gasteiger partial charge in [-0.05, 0) is 20.8 Å². The van der Waals surface area contributed by atoms with Crippen LogP contribution in [0.15, 0.2) is 10.7 Å². The fourth-order valence-electron chi connectivity index (χ4n) is 1.39. The summed E-state index contributed by atoms with van der Waals surface area (Å²) < 4.78 is 9.94. The lowest BCUT2D eigenvalue weighted by molar-refractivity contribution is 0.0519. The van der Waals surface area contributed by atoms with Gasteiger partial charge in [0.25, 0.3) is 6.01 Å². The molecule has 0 aliphatic heterocycles. The minimum atomic E-state index is -0.868. The smallest absolute Gasteiger partial charge is 0.360 e. The maximum absolute atomic E-state index is 11.4. The molecule has 0 amide bonds. The second-order valence-electron chi connectivity index (χ2n) is 4.40. The Kier molecular flexibility index (Phi) is 4.11. The number of anilines is 1. The number of carbonyl (C=O) groups is 1. The lowest BCUT2D eigenvalue weighted by Crippen LogP contribution is -2.36. The van der Waals surface area contributed by atoms with Gasteiger partial charge in [0.1, 0.15) is 6.26 Å². The van der Waals surface area contributed by atoms with Crippen molar-refractivity contribution in [3.63, 3.8) is 0 Å². The van der Waals surface area contributed by atoms with Crippen molar-refractivity contribution in [1.82, 2.24) is 4.98 Å². The van der Waals surface area contributed by atoms with Crippen molar-refractivity contribution in [2.45, 2.75) is 26.4 Å². The highest BCUT2D eigenvalue weighted by molar-refractivity contribution is 5.87. The van der Waals surface area contributed by atoms with E-state index in [0.29, 0.717) is 13.2 Å². The van der Waals surface area contributed by atoms with E-state index in [1.165, 1.54) is 6.26 Å².